The Labute approximate surface area is 126 Å². The van der Waals surface area contributed by atoms with Gasteiger partial charge in [-0.05, 0) is 18.6 Å². The molecule has 1 N–H and O–H groups in total. The molecule has 2 amide bonds. The van der Waals surface area contributed by atoms with Crippen LogP contribution >= 0.6 is 0 Å². The zero-order valence-corrected chi connectivity index (χ0v) is 13.0. The highest BCUT2D eigenvalue weighted by Crippen LogP contribution is 2.17. The summed E-state index contributed by atoms with van der Waals surface area (Å²) in [6, 6.07) is 6.96. The SMILES string of the molecule is CCCCCNC(=O)c1ccccc1OCC(=O)N(C)C. The molecule has 0 unspecified atom stereocenters. The van der Waals surface area contributed by atoms with Crippen LogP contribution < -0.4 is 10.1 Å². The van der Waals surface area contributed by atoms with Crippen LogP contribution in [0.2, 0.25) is 0 Å². The Hall–Kier alpha value is -2.04. The second kappa shape index (κ2) is 9.00. The van der Waals surface area contributed by atoms with E-state index in [0.717, 1.165) is 19.3 Å². The summed E-state index contributed by atoms with van der Waals surface area (Å²) < 4.78 is 5.46. The van der Waals surface area contributed by atoms with Gasteiger partial charge >= 0.3 is 0 Å². The number of hydrogen-bond donors (Lipinski definition) is 1. The minimum Gasteiger partial charge on any atom is -0.483 e. The number of hydrogen-bond acceptors (Lipinski definition) is 3. The van der Waals surface area contributed by atoms with E-state index in [-0.39, 0.29) is 18.4 Å². The molecule has 0 bridgehead atoms. The predicted molar refractivity (Wildman–Crippen MR) is 82.5 cm³/mol. The number of unbranched alkanes of at least 4 members (excludes halogenated alkanes) is 2. The first kappa shape index (κ1) is 17.0. The minimum atomic E-state index is -0.168. The number of likely N-dealkylation sites (N-methyl/N-ethyl adjacent to an activating group) is 1. The molecule has 116 valence electrons. The number of carbonyl (C=O) groups excluding carboxylic acids is 2. The first-order valence-electron chi connectivity index (χ1n) is 7.26. The maximum absolute atomic E-state index is 12.1. The Morgan fingerprint density at radius 2 is 1.90 bits per heavy atom. The number of para-hydroxylation sites is 1. The fourth-order valence-electron chi connectivity index (χ4n) is 1.72. The summed E-state index contributed by atoms with van der Waals surface area (Å²) in [5, 5.41) is 2.87. The molecule has 0 aliphatic rings. The highest BCUT2D eigenvalue weighted by Gasteiger charge is 2.13. The second-order valence-corrected chi connectivity index (χ2v) is 5.04. The van der Waals surface area contributed by atoms with E-state index < -0.39 is 0 Å². The zero-order chi connectivity index (χ0) is 15.7. The third-order valence-corrected chi connectivity index (χ3v) is 3.05. The molecule has 0 aliphatic carbocycles. The lowest BCUT2D eigenvalue weighted by molar-refractivity contribution is -0.130. The summed E-state index contributed by atoms with van der Waals surface area (Å²) in [7, 11) is 3.33. The quantitative estimate of drug-likeness (QED) is 0.746. The maximum atomic E-state index is 12.1. The third-order valence-electron chi connectivity index (χ3n) is 3.05. The smallest absolute Gasteiger partial charge is 0.259 e. The highest BCUT2D eigenvalue weighted by atomic mass is 16.5. The number of ether oxygens (including phenoxy) is 1. The van der Waals surface area contributed by atoms with E-state index in [1.165, 1.54) is 4.90 Å². The van der Waals surface area contributed by atoms with Crippen LogP contribution in [0, 0.1) is 0 Å². The van der Waals surface area contributed by atoms with Crippen LogP contribution in [-0.4, -0.2) is 44.0 Å². The average molecular weight is 292 g/mol. The van der Waals surface area contributed by atoms with Crippen molar-refractivity contribution in [3.05, 3.63) is 29.8 Å². The van der Waals surface area contributed by atoms with Crippen LogP contribution in [0.1, 0.15) is 36.5 Å². The van der Waals surface area contributed by atoms with Gasteiger partial charge in [0, 0.05) is 20.6 Å². The Balaban J connectivity index is 2.61. The first-order valence-corrected chi connectivity index (χ1v) is 7.26. The molecular weight excluding hydrogens is 268 g/mol. The van der Waals surface area contributed by atoms with Crippen molar-refractivity contribution in [2.24, 2.45) is 0 Å². The van der Waals surface area contributed by atoms with Gasteiger partial charge in [-0.3, -0.25) is 9.59 Å². The lowest BCUT2D eigenvalue weighted by atomic mass is 10.2. The summed E-state index contributed by atoms with van der Waals surface area (Å²) >= 11 is 0. The van der Waals surface area contributed by atoms with Crippen molar-refractivity contribution in [1.29, 1.82) is 0 Å². The fourth-order valence-corrected chi connectivity index (χ4v) is 1.72. The van der Waals surface area contributed by atoms with Gasteiger partial charge in [-0.1, -0.05) is 31.9 Å². The van der Waals surface area contributed by atoms with Gasteiger partial charge in [-0.15, -0.1) is 0 Å². The topological polar surface area (TPSA) is 58.6 Å². The molecule has 0 fully saturated rings. The van der Waals surface area contributed by atoms with Crippen molar-refractivity contribution >= 4 is 11.8 Å². The number of nitrogens with zero attached hydrogens (tertiary/aromatic N) is 1. The predicted octanol–water partition coefficient (Wildman–Crippen LogP) is 2.07. The van der Waals surface area contributed by atoms with Gasteiger partial charge in [0.05, 0.1) is 5.56 Å². The van der Waals surface area contributed by atoms with Gasteiger partial charge in [-0.2, -0.15) is 0 Å². The molecule has 21 heavy (non-hydrogen) atoms. The highest BCUT2D eigenvalue weighted by molar-refractivity contribution is 5.97. The molecule has 0 heterocycles. The molecule has 0 atom stereocenters. The molecule has 0 aliphatic heterocycles. The van der Waals surface area contributed by atoms with Crippen LogP contribution in [0.15, 0.2) is 24.3 Å². The van der Waals surface area contributed by atoms with E-state index in [1.54, 1.807) is 38.4 Å². The van der Waals surface area contributed by atoms with Crippen LogP contribution in [0.5, 0.6) is 5.75 Å². The summed E-state index contributed by atoms with van der Waals surface area (Å²) in [6.07, 6.45) is 3.17. The molecular formula is C16H24N2O3. The number of rotatable bonds is 8. The number of nitrogens with one attached hydrogen (secondary N) is 1. The number of amides is 2. The monoisotopic (exact) mass is 292 g/mol. The van der Waals surface area contributed by atoms with E-state index in [0.29, 0.717) is 17.9 Å². The van der Waals surface area contributed by atoms with Gasteiger partial charge in [0.25, 0.3) is 11.8 Å². The van der Waals surface area contributed by atoms with E-state index in [1.807, 2.05) is 0 Å². The van der Waals surface area contributed by atoms with E-state index >= 15 is 0 Å². The first-order chi connectivity index (χ1) is 10.1. The molecule has 0 spiro atoms. The normalized spacial score (nSPS) is 10.0. The van der Waals surface area contributed by atoms with E-state index in [2.05, 4.69) is 12.2 Å². The number of carbonyl (C=O) groups is 2. The molecule has 5 nitrogen and oxygen atoms in total. The molecule has 0 saturated heterocycles. The average Bonchev–Trinajstić information content (AvgIpc) is 2.49. The Morgan fingerprint density at radius 3 is 2.57 bits per heavy atom. The van der Waals surface area contributed by atoms with Crippen molar-refractivity contribution in [2.75, 3.05) is 27.2 Å². The fraction of sp³-hybridized carbons (Fsp3) is 0.500. The summed E-state index contributed by atoms with van der Waals surface area (Å²) in [4.78, 5) is 25.1. The Kier molecular flexibility index (Phi) is 7.29. The molecule has 0 saturated carbocycles. The molecule has 0 aromatic heterocycles. The zero-order valence-electron chi connectivity index (χ0n) is 13.0. The largest absolute Gasteiger partial charge is 0.483 e. The Bertz CT molecular complexity index is 472. The van der Waals surface area contributed by atoms with E-state index in [4.69, 9.17) is 4.74 Å². The summed E-state index contributed by atoms with van der Waals surface area (Å²) in [5.41, 5.74) is 0.459. The molecule has 5 heteroatoms. The van der Waals surface area contributed by atoms with Gasteiger partial charge in [0.2, 0.25) is 0 Å². The van der Waals surface area contributed by atoms with Crippen molar-refractivity contribution in [2.45, 2.75) is 26.2 Å². The van der Waals surface area contributed by atoms with Gasteiger partial charge in [-0.25, -0.2) is 0 Å². The van der Waals surface area contributed by atoms with Crippen molar-refractivity contribution in [3.63, 3.8) is 0 Å². The van der Waals surface area contributed by atoms with Crippen molar-refractivity contribution in [3.8, 4) is 5.75 Å². The summed E-state index contributed by atoms with van der Waals surface area (Å²) in [6.45, 7) is 2.69. The third kappa shape index (κ3) is 5.85. The maximum Gasteiger partial charge on any atom is 0.259 e. The van der Waals surface area contributed by atoms with E-state index in [9.17, 15) is 9.59 Å². The molecule has 1 aromatic carbocycles. The minimum absolute atomic E-state index is 0.0763. The van der Waals surface area contributed by atoms with Crippen LogP contribution in [-0.2, 0) is 4.79 Å². The summed E-state index contributed by atoms with van der Waals surface area (Å²) in [5.74, 6) is 0.118. The van der Waals surface area contributed by atoms with Gasteiger partial charge in [0.1, 0.15) is 5.75 Å². The molecule has 1 rings (SSSR count). The molecule has 1 aromatic rings. The van der Waals surface area contributed by atoms with Gasteiger partial charge < -0.3 is 15.0 Å². The van der Waals surface area contributed by atoms with Crippen LogP contribution in [0.25, 0.3) is 0 Å². The lowest BCUT2D eigenvalue weighted by Gasteiger charge is -2.14. The van der Waals surface area contributed by atoms with Crippen LogP contribution in [0.4, 0.5) is 0 Å². The Morgan fingerprint density at radius 1 is 1.19 bits per heavy atom. The standard InChI is InChI=1S/C16H24N2O3/c1-4-5-8-11-17-16(20)13-9-6-7-10-14(13)21-12-15(19)18(2)3/h6-7,9-10H,4-5,8,11-12H2,1-3H3,(H,17,20). The lowest BCUT2D eigenvalue weighted by Crippen LogP contribution is -2.29. The number of benzene rings is 1. The second-order valence-electron chi connectivity index (χ2n) is 5.04. The van der Waals surface area contributed by atoms with Crippen molar-refractivity contribution < 1.29 is 14.3 Å². The van der Waals surface area contributed by atoms with Crippen LogP contribution in [0.3, 0.4) is 0 Å². The van der Waals surface area contributed by atoms with Gasteiger partial charge in [0.15, 0.2) is 6.61 Å². The van der Waals surface area contributed by atoms with Crippen molar-refractivity contribution in [1.82, 2.24) is 10.2 Å². The molecule has 0 radical (unpaired) electrons.